The van der Waals surface area contributed by atoms with E-state index in [1.807, 2.05) is 4.90 Å². The minimum Gasteiger partial charge on any atom is -0.384 e. The van der Waals surface area contributed by atoms with Gasteiger partial charge in [0.2, 0.25) is 0 Å². The minimum atomic E-state index is -0.334. The van der Waals surface area contributed by atoms with Gasteiger partial charge in [-0.05, 0) is 30.7 Å². The van der Waals surface area contributed by atoms with Crippen LogP contribution in [0.1, 0.15) is 15.9 Å². The lowest BCUT2D eigenvalue weighted by molar-refractivity contribution is -0.384. The molecule has 2 aliphatic heterocycles. The highest BCUT2D eigenvalue weighted by atomic mass is 35.5. The van der Waals surface area contributed by atoms with Crippen LogP contribution in [0.5, 0.6) is 0 Å². The molecular weight excluding hydrogens is 403 g/mol. The molecule has 4 rings (SSSR count). The summed E-state index contributed by atoms with van der Waals surface area (Å²) < 4.78 is 0. The number of nitrogens with one attached hydrogen (secondary N) is 1. The number of carbonyl (C=O) groups is 1. The number of anilines is 2. The van der Waals surface area contributed by atoms with Gasteiger partial charge in [-0.15, -0.1) is 0 Å². The van der Waals surface area contributed by atoms with Gasteiger partial charge in [0, 0.05) is 65.6 Å². The number of halogens is 2. The zero-order chi connectivity index (χ0) is 19.8. The first kappa shape index (κ1) is 18.8. The van der Waals surface area contributed by atoms with E-state index in [1.54, 1.807) is 35.2 Å². The van der Waals surface area contributed by atoms with Gasteiger partial charge in [0.05, 0.1) is 4.92 Å². The van der Waals surface area contributed by atoms with Gasteiger partial charge in [-0.1, -0.05) is 23.2 Å². The molecule has 0 aromatic heterocycles. The summed E-state index contributed by atoms with van der Waals surface area (Å²) in [7, 11) is 0. The first-order valence-corrected chi connectivity index (χ1v) is 9.74. The SMILES string of the molecule is O=C(c1cc(Cl)cc(Cl)c1)N1CCN(c2c([N+](=O)[O-])ccc3c2CCN3)CC1. The summed E-state index contributed by atoms with van der Waals surface area (Å²) in [5.41, 5.74) is 3.17. The average Bonchev–Trinajstić information content (AvgIpc) is 3.14. The third-order valence-corrected chi connectivity index (χ3v) is 5.58. The Kier molecular flexibility index (Phi) is 5.03. The molecule has 1 N–H and O–H groups in total. The van der Waals surface area contributed by atoms with Crippen LogP contribution in [0.2, 0.25) is 10.0 Å². The van der Waals surface area contributed by atoms with Crippen LogP contribution in [0, 0.1) is 10.1 Å². The van der Waals surface area contributed by atoms with Crippen LogP contribution < -0.4 is 10.2 Å². The van der Waals surface area contributed by atoms with Crippen LogP contribution in [0.15, 0.2) is 30.3 Å². The van der Waals surface area contributed by atoms with Gasteiger partial charge < -0.3 is 15.1 Å². The normalized spacial score (nSPS) is 15.9. The first-order valence-electron chi connectivity index (χ1n) is 8.98. The van der Waals surface area contributed by atoms with Crippen molar-refractivity contribution in [1.82, 2.24) is 4.90 Å². The van der Waals surface area contributed by atoms with Gasteiger partial charge >= 0.3 is 0 Å². The van der Waals surface area contributed by atoms with E-state index >= 15 is 0 Å². The fraction of sp³-hybridized carbons (Fsp3) is 0.316. The maximum absolute atomic E-state index is 12.8. The molecular formula is C19H18Cl2N4O3. The maximum atomic E-state index is 12.8. The predicted octanol–water partition coefficient (Wildman–Crippen LogP) is 3.83. The molecule has 0 radical (unpaired) electrons. The molecule has 0 bridgehead atoms. The lowest BCUT2D eigenvalue weighted by Crippen LogP contribution is -2.49. The molecule has 2 aliphatic rings. The number of fused-ring (bicyclic) bond motifs is 1. The zero-order valence-electron chi connectivity index (χ0n) is 15.0. The number of benzene rings is 2. The molecule has 0 spiro atoms. The molecule has 1 saturated heterocycles. The summed E-state index contributed by atoms with van der Waals surface area (Å²) in [6.45, 7) is 2.76. The third kappa shape index (κ3) is 3.47. The summed E-state index contributed by atoms with van der Waals surface area (Å²) >= 11 is 12.0. The maximum Gasteiger partial charge on any atom is 0.292 e. The Morgan fingerprint density at radius 1 is 1.07 bits per heavy atom. The Balaban J connectivity index is 1.54. The zero-order valence-corrected chi connectivity index (χ0v) is 16.5. The van der Waals surface area contributed by atoms with E-state index in [2.05, 4.69) is 5.32 Å². The Morgan fingerprint density at radius 3 is 2.39 bits per heavy atom. The van der Waals surface area contributed by atoms with Crippen molar-refractivity contribution in [3.63, 3.8) is 0 Å². The highest BCUT2D eigenvalue weighted by Crippen LogP contribution is 2.39. The number of rotatable bonds is 3. The van der Waals surface area contributed by atoms with E-state index in [-0.39, 0.29) is 16.5 Å². The number of carbonyl (C=O) groups excluding carboxylic acids is 1. The van der Waals surface area contributed by atoms with E-state index in [1.165, 1.54) is 0 Å². The fourth-order valence-corrected chi connectivity index (χ4v) is 4.38. The van der Waals surface area contributed by atoms with Crippen molar-refractivity contribution >= 4 is 46.2 Å². The molecule has 7 nitrogen and oxygen atoms in total. The van der Waals surface area contributed by atoms with Crippen LogP contribution in [-0.4, -0.2) is 48.5 Å². The molecule has 2 heterocycles. The molecule has 0 saturated carbocycles. The van der Waals surface area contributed by atoms with E-state index in [0.717, 1.165) is 24.2 Å². The standard InChI is InChI=1S/C19H18Cl2N4O3/c20-13-9-12(10-14(21)11-13)19(26)24-7-5-23(6-8-24)18-15-3-4-22-16(15)1-2-17(18)25(27)28/h1-2,9-11,22H,3-8H2. The molecule has 0 unspecified atom stereocenters. The van der Waals surface area contributed by atoms with Gasteiger partial charge in [0.25, 0.3) is 11.6 Å². The number of hydrogen-bond donors (Lipinski definition) is 1. The number of hydrogen-bond acceptors (Lipinski definition) is 5. The van der Waals surface area contributed by atoms with Gasteiger partial charge in [0.1, 0.15) is 5.69 Å². The van der Waals surface area contributed by atoms with Crippen molar-refractivity contribution in [2.75, 3.05) is 42.9 Å². The third-order valence-electron chi connectivity index (χ3n) is 5.14. The number of nitrogens with zero attached hydrogens (tertiary/aromatic N) is 3. The van der Waals surface area contributed by atoms with Crippen LogP contribution in [-0.2, 0) is 6.42 Å². The predicted molar refractivity (Wildman–Crippen MR) is 110 cm³/mol. The van der Waals surface area contributed by atoms with Crippen molar-refractivity contribution in [2.24, 2.45) is 0 Å². The molecule has 1 fully saturated rings. The van der Waals surface area contributed by atoms with Crippen LogP contribution in [0.25, 0.3) is 0 Å². The Hall–Kier alpha value is -2.51. The summed E-state index contributed by atoms with van der Waals surface area (Å²) in [5, 5.41) is 15.6. The van der Waals surface area contributed by atoms with Crippen molar-refractivity contribution in [3.8, 4) is 0 Å². The molecule has 1 amide bonds. The highest BCUT2D eigenvalue weighted by Gasteiger charge is 2.31. The summed E-state index contributed by atoms with van der Waals surface area (Å²) in [4.78, 5) is 27.7. The van der Waals surface area contributed by atoms with E-state index < -0.39 is 0 Å². The fourth-order valence-electron chi connectivity index (χ4n) is 3.86. The number of nitro groups is 1. The van der Waals surface area contributed by atoms with Gasteiger partial charge in [-0.2, -0.15) is 0 Å². The van der Waals surface area contributed by atoms with E-state index in [4.69, 9.17) is 23.2 Å². The summed E-state index contributed by atoms with van der Waals surface area (Å²) in [6, 6.07) is 8.11. The quantitative estimate of drug-likeness (QED) is 0.602. The highest BCUT2D eigenvalue weighted by molar-refractivity contribution is 6.35. The van der Waals surface area contributed by atoms with Gasteiger partial charge in [-0.25, -0.2) is 0 Å². The second-order valence-corrected chi connectivity index (χ2v) is 7.70. The van der Waals surface area contributed by atoms with E-state index in [0.29, 0.717) is 47.5 Å². The topological polar surface area (TPSA) is 78.7 Å². The van der Waals surface area contributed by atoms with Crippen LogP contribution in [0.4, 0.5) is 17.1 Å². The molecule has 146 valence electrons. The Labute approximate surface area is 172 Å². The smallest absolute Gasteiger partial charge is 0.292 e. The second-order valence-electron chi connectivity index (χ2n) is 6.83. The van der Waals surface area contributed by atoms with Crippen molar-refractivity contribution < 1.29 is 9.72 Å². The monoisotopic (exact) mass is 420 g/mol. The molecule has 9 heteroatoms. The Bertz CT molecular complexity index is 938. The molecule has 0 aliphatic carbocycles. The van der Waals surface area contributed by atoms with Crippen molar-refractivity contribution in [2.45, 2.75) is 6.42 Å². The van der Waals surface area contributed by atoms with Crippen LogP contribution in [0.3, 0.4) is 0 Å². The number of piperazine rings is 1. The van der Waals surface area contributed by atoms with Gasteiger partial charge in [0.15, 0.2) is 0 Å². The Morgan fingerprint density at radius 2 is 1.75 bits per heavy atom. The van der Waals surface area contributed by atoms with Gasteiger partial charge in [-0.3, -0.25) is 14.9 Å². The van der Waals surface area contributed by atoms with E-state index in [9.17, 15) is 14.9 Å². The minimum absolute atomic E-state index is 0.115. The van der Waals surface area contributed by atoms with Crippen LogP contribution >= 0.6 is 23.2 Å². The van der Waals surface area contributed by atoms with Crippen molar-refractivity contribution in [1.29, 1.82) is 0 Å². The average molecular weight is 421 g/mol. The molecule has 2 aromatic rings. The second kappa shape index (κ2) is 7.48. The lowest BCUT2D eigenvalue weighted by Gasteiger charge is -2.36. The summed E-state index contributed by atoms with van der Waals surface area (Å²) in [6.07, 6.45) is 0.756. The van der Waals surface area contributed by atoms with Crippen molar-refractivity contribution in [3.05, 3.63) is 61.6 Å². The summed E-state index contributed by atoms with van der Waals surface area (Å²) in [5.74, 6) is -0.140. The molecule has 0 atom stereocenters. The lowest BCUT2D eigenvalue weighted by atomic mass is 10.1. The largest absolute Gasteiger partial charge is 0.384 e. The number of nitro benzene ring substituents is 1. The molecule has 2 aromatic carbocycles. The molecule has 28 heavy (non-hydrogen) atoms. The first-order chi connectivity index (χ1) is 13.4. The number of amides is 1.